The second kappa shape index (κ2) is 9.65. The van der Waals surface area contributed by atoms with Crippen LogP contribution in [0, 0.1) is 0 Å². The number of thioether (sulfide) groups is 1. The molecule has 2 aromatic heterocycles. The van der Waals surface area contributed by atoms with E-state index in [1.54, 1.807) is 35.6 Å². The third-order valence-corrected chi connectivity index (χ3v) is 7.47. The number of thiophene rings is 1. The maximum atomic E-state index is 12.6. The topological polar surface area (TPSA) is 118 Å². The zero-order valence-electron chi connectivity index (χ0n) is 17.0. The molecule has 0 spiro atoms. The minimum Gasteiger partial charge on any atom is -0.368 e. The van der Waals surface area contributed by atoms with Crippen molar-refractivity contribution < 1.29 is 9.59 Å². The van der Waals surface area contributed by atoms with Gasteiger partial charge < -0.3 is 16.0 Å². The minimum atomic E-state index is -0.844. The van der Waals surface area contributed by atoms with Crippen molar-refractivity contribution >= 4 is 45.1 Å². The number of hydrogen-bond donors (Lipinski definition) is 3. The Bertz CT molecular complexity index is 1160. The third kappa shape index (κ3) is 4.99. The van der Waals surface area contributed by atoms with Crippen LogP contribution in [0.4, 0.5) is 0 Å². The number of fused-ring (bicyclic) bond motifs is 3. The molecule has 4 rings (SSSR count). The molecule has 7 nitrogen and oxygen atoms in total. The fourth-order valence-electron chi connectivity index (χ4n) is 3.81. The lowest BCUT2D eigenvalue weighted by Crippen LogP contribution is -2.37. The molecule has 0 aliphatic heterocycles. The molecule has 2 heterocycles. The number of H-pyrrole nitrogens is 1. The summed E-state index contributed by atoms with van der Waals surface area (Å²) in [6.07, 6.45) is 4.52. The molecule has 0 radical (unpaired) electrons. The maximum absolute atomic E-state index is 12.6. The summed E-state index contributed by atoms with van der Waals surface area (Å²) in [5, 5.41) is 3.45. The number of aryl methyl sites for hydroxylation is 2. The Balaban J connectivity index is 1.32. The van der Waals surface area contributed by atoms with E-state index >= 15 is 0 Å². The number of rotatable bonds is 8. The van der Waals surface area contributed by atoms with Gasteiger partial charge in [0.05, 0.1) is 11.1 Å². The molecule has 4 N–H and O–H groups in total. The van der Waals surface area contributed by atoms with Gasteiger partial charge in [-0.1, -0.05) is 30.3 Å². The number of nitrogens with one attached hydrogen (secondary N) is 2. The number of amides is 2. The zero-order valence-corrected chi connectivity index (χ0v) is 18.6. The molecule has 0 saturated carbocycles. The van der Waals surface area contributed by atoms with Gasteiger partial charge in [-0.25, -0.2) is 4.98 Å². The molecular formula is C22H24N4O3S2. The van der Waals surface area contributed by atoms with E-state index in [1.807, 2.05) is 6.07 Å². The lowest BCUT2D eigenvalue weighted by atomic mass is 9.97. The van der Waals surface area contributed by atoms with Crippen LogP contribution in [0.1, 0.15) is 47.1 Å². The van der Waals surface area contributed by atoms with Gasteiger partial charge in [-0.2, -0.15) is 11.8 Å². The summed E-state index contributed by atoms with van der Waals surface area (Å²) in [6.45, 7) is 0. The number of aromatic amines is 1. The summed E-state index contributed by atoms with van der Waals surface area (Å²) in [5.74, 6) is 0.832. The molecule has 1 atom stereocenters. The van der Waals surface area contributed by atoms with Crippen molar-refractivity contribution in [3.63, 3.8) is 0 Å². The van der Waals surface area contributed by atoms with Gasteiger partial charge in [0.15, 0.2) is 0 Å². The molecule has 162 valence electrons. The van der Waals surface area contributed by atoms with Crippen LogP contribution >= 0.6 is 23.1 Å². The second-order valence-corrected chi connectivity index (χ2v) is 9.71. The smallest absolute Gasteiger partial charge is 0.259 e. The number of carbonyl (C=O) groups excluding carboxylic acids is 2. The number of hydrogen-bond acceptors (Lipinski definition) is 6. The fraction of sp³-hybridized carbons (Fsp3) is 0.364. The SMILES string of the molecule is NC(=O)C(NC(=O)CCSCc1nc2sc3c(c2c(=O)[nH]1)CCCC3)c1ccccc1. The Hall–Kier alpha value is -2.65. The van der Waals surface area contributed by atoms with Gasteiger partial charge in [0, 0.05) is 17.1 Å². The second-order valence-electron chi connectivity index (χ2n) is 7.52. The summed E-state index contributed by atoms with van der Waals surface area (Å²) in [4.78, 5) is 46.3. The van der Waals surface area contributed by atoms with E-state index in [-0.39, 0.29) is 17.9 Å². The van der Waals surface area contributed by atoms with Gasteiger partial charge in [-0.3, -0.25) is 14.4 Å². The normalized spacial score (nSPS) is 14.2. The molecule has 9 heteroatoms. The molecule has 1 unspecified atom stereocenters. The highest BCUT2D eigenvalue weighted by Gasteiger charge is 2.21. The van der Waals surface area contributed by atoms with E-state index in [0.717, 1.165) is 29.5 Å². The highest BCUT2D eigenvalue weighted by atomic mass is 32.2. The molecule has 1 aliphatic carbocycles. The zero-order chi connectivity index (χ0) is 21.8. The standard InChI is InChI=1S/C22H24N4O3S2/c23-20(28)19(13-6-2-1-3-7-13)26-17(27)10-11-30-12-16-24-21(29)18-14-8-4-5-9-15(14)31-22(18)25-16/h1-3,6-7,19H,4-5,8-12H2,(H2,23,28)(H,26,27)(H,24,25,29). The van der Waals surface area contributed by atoms with Crippen molar-refractivity contribution in [1.82, 2.24) is 15.3 Å². The first kappa shape index (κ1) is 21.6. The van der Waals surface area contributed by atoms with Gasteiger partial charge in [-0.15, -0.1) is 11.3 Å². The molecule has 3 aromatic rings. The summed E-state index contributed by atoms with van der Waals surface area (Å²) in [5.41, 5.74) is 7.22. The molecular weight excluding hydrogens is 432 g/mol. The van der Waals surface area contributed by atoms with E-state index in [1.165, 1.54) is 28.6 Å². The number of primary amides is 1. The highest BCUT2D eigenvalue weighted by molar-refractivity contribution is 7.98. The molecule has 1 aromatic carbocycles. The maximum Gasteiger partial charge on any atom is 0.259 e. The minimum absolute atomic E-state index is 0.0649. The van der Waals surface area contributed by atoms with E-state index in [9.17, 15) is 14.4 Å². The molecule has 0 saturated heterocycles. The number of nitrogens with zero attached hydrogens (tertiary/aromatic N) is 1. The Kier molecular flexibility index (Phi) is 6.72. The van der Waals surface area contributed by atoms with E-state index in [0.29, 0.717) is 22.9 Å². The van der Waals surface area contributed by atoms with Crippen LogP contribution in [-0.2, 0) is 28.2 Å². The van der Waals surface area contributed by atoms with Gasteiger partial charge in [0.1, 0.15) is 16.7 Å². The van der Waals surface area contributed by atoms with Crippen molar-refractivity contribution in [2.45, 2.75) is 43.9 Å². The number of benzene rings is 1. The third-order valence-electron chi connectivity index (χ3n) is 5.31. The van der Waals surface area contributed by atoms with Crippen LogP contribution in [0.3, 0.4) is 0 Å². The van der Waals surface area contributed by atoms with Crippen molar-refractivity contribution in [2.75, 3.05) is 5.75 Å². The van der Waals surface area contributed by atoms with Gasteiger partial charge >= 0.3 is 0 Å². The van der Waals surface area contributed by atoms with Crippen molar-refractivity contribution in [3.8, 4) is 0 Å². The predicted molar refractivity (Wildman–Crippen MR) is 124 cm³/mol. The Labute approximate surface area is 187 Å². The first-order valence-electron chi connectivity index (χ1n) is 10.3. The summed E-state index contributed by atoms with van der Waals surface area (Å²) in [7, 11) is 0. The number of carbonyl (C=O) groups is 2. The van der Waals surface area contributed by atoms with Crippen molar-refractivity contribution in [3.05, 3.63) is 62.5 Å². The van der Waals surface area contributed by atoms with Gasteiger partial charge in [0.25, 0.3) is 5.56 Å². The summed E-state index contributed by atoms with van der Waals surface area (Å²) >= 11 is 3.14. The number of nitrogens with two attached hydrogens (primary N) is 1. The van der Waals surface area contributed by atoms with Crippen LogP contribution in [-0.4, -0.2) is 27.5 Å². The Morgan fingerprint density at radius 1 is 1.23 bits per heavy atom. The molecule has 2 amide bonds. The average Bonchev–Trinajstić information content (AvgIpc) is 3.14. The van der Waals surface area contributed by atoms with Crippen molar-refractivity contribution in [2.24, 2.45) is 5.73 Å². The lowest BCUT2D eigenvalue weighted by molar-refractivity contribution is -0.127. The van der Waals surface area contributed by atoms with Crippen LogP contribution in [0.2, 0.25) is 0 Å². The van der Waals surface area contributed by atoms with Crippen molar-refractivity contribution in [1.29, 1.82) is 0 Å². The molecule has 31 heavy (non-hydrogen) atoms. The van der Waals surface area contributed by atoms with Crippen LogP contribution in [0.25, 0.3) is 10.2 Å². The van der Waals surface area contributed by atoms with Gasteiger partial charge in [-0.05, 0) is 36.8 Å². The van der Waals surface area contributed by atoms with Gasteiger partial charge in [0.2, 0.25) is 11.8 Å². The first-order chi connectivity index (χ1) is 15.0. The highest BCUT2D eigenvalue weighted by Crippen LogP contribution is 2.33. The molecule has 0 fully saturated rings. The number of aromatic nitrogens is 2. The quantitative estimate of drug-likeness (QED) is 0.451. The molecule has 1 aliphatic rings. The Morgan fingerprint density at radius 3 is 2.77 bits per heavy atom. The lowest BCUT2D eigenvalue weighted by Gasteiger charge is -2.15. The van der Waals surface area contributed by atoms with Crippen LogP contribution in [0.5, 0.6) is 0 Å². The van der Waals surface area contributed by atoms with Crippen LogP contribution in [0.15, 0.2) is 35.1 Å². The van der Waals surface area contributed by atoms with E-state index in [2.05, 4.69) is 15.3 Å². The predicted octanol–water partition coefficient (Wildman–Crippen LogP) is 2.83. The van der Waals surface area contributed by atoms with E-state index in [4.69, 9.17) is 5.73 Å². The van der Waals surface area contributed by atoms with Crippen LogP contribution < -0.4 is 16.6 Å². The molecule has 0 bridgehead atoms. The monoisotopic (exact) mass is 456 g/mol. The largest absolute Gasteiger partial charge is 0.368 e. The summed E-state index contributed by atoms with van der Waals surface area (Å²) < 4.78 is 0. The fourth-order valence-corrected chi connectivity index (χ4v) is 5.89. The Morgan fingerprint density at radius 2 is 2.00 bits per heavy atom. The summed E-state index contributed by atoms with van der Waals surface area (Å²) in [6, 6.07) is 8.09. The van der Waals surface area contributed by atoms with E-state index < -0.39 is 11.9 Å². The average molecular weight is 457 g/mol. The first-order valence-corrected chi connectivity index (χ1v) is 12.2.